The molecule has 1 fully saturated rings. The number of rotatable bonds is 4. The Hall–Kier alpha value is -2.90. The average molecular weight is 330 g/mol. The van der Waals surface area contributed by atoms with Crippen molar-refractivity contribution < 1.29 is 19.2 Å². The molecule has 8 nitrogen and oxygen atoms in total. The molecule has 126 valence electrons. The van der Waals surface area contributed by atoms with E-state index in [4.69, 9.17) is 9.63 Å². The first-order valence-electron chi connectivity index (χ1n) is 7.79. The molecule has 1 aromatic heterocycles. The van der Waals surface area contributed by atoms with Gasteiger partial charge in [-0.1, -0.05) is 5.16 Å². The number of nitrogens with one attached hydrogen (secondary N) is 2. The molecular weight excluding hydrogens is 312 g/mol. The molecule has 0 aliphatic heterocycles. The molecule has 0 bridgehead atoms. The highest BCUT2D eigenvalue weighted by Crippen LogP contribution is 2.24. The molecule has 0 unspecified atom stereocenters. The predicted molar refractivity (Wildman–Crippen MR) is 85.3 cm³/mol. The molecule has 0 radical (unpaired) electrons. The van der Waals surface area contributed by atoms with Crippen molar-refractivity contribution >= 4 is 17.7 Å². The van der Waals surface area contributed by atoms with Crippen LogP contribution in [0.4, 0.5) is 10.5 Å². The van der Waals surface area contributed by atoms with Crippen molar-refractivity contribution in [2.24, 2.45) is 5.92 Å². The molecule has 0 saturated heterocycles. The Morgan fingerprint density at radius 3 is 2.42 bits per heavy atom. The number of nitrogens with zero attached hydrogens (tertiary/aromatic N) is 2. The Kier molecular flexibility index (Phi) is 4.74. The smallest absolute Gasteiger partial charge is 0.319 e. The fourth-order valence-electron chi connectivity index (χ4n) is 2.84. The Labute approximate surface area is 138 Å². The summed E-state index contributed by atoms with van der Waals surface area (Å²) in [4.78, 5) is 26.9. The van der Waals surface area contributed by atoms with Gasteiger partial charge in [0.1, 0.15) is 0 Å². The molecule has 3 N–H and O–H groups in total. The van der Waals surface area contributed by atoms with E-state index in [1.165, 1.54) is 6.39 Å². The largest absolute Gasteiger partial charge is 0.481 e. The number of hydrogen-bond acceptors (Lipinski definition) is 5. The van der Waals surface area contributed by atoms with Crippen LogP contribution in [0.2, 0.25) is 0 Å². The van der Waals surface area contributed by atoms with Gasteiger partial charge in [-0.25, -0.2) is 4.79 Å². The minimum absolute atomic E-state index is 0.0132. The molecule has 1 aliphatic rings. The lowest BCUT2D eigenvalue weighted by Crippen LogP contribution is -2.40. The molecule has 1 heterocycles. The third-order valence-corrected chi connectivity index (χ3v) is 4.17. The molecule has 3 rings (SSSR count). The van der Waals surface area contributed by atoms with Crippen LogP contribution in [-0.2, 0) is 4.79 Å². The van der Waals surface area contributed by atoms with Crippen LogP contribution in [0.3, 0.4) is 0 Å². The summed E-state index contributed by atoms with van der Waals surface area (Å²) in [5.74, 6) is -0.551. The van der Waals surface area contributed by atoms with Crippen molar-refractivity contribution in [2.75, 3.05) is 5.32 Å². The fourth-order valence-corrected chi connectivity index (χ4v) is 2.84. The lowest BCUT2D eigenvalue weighted by molar-refractivity contribution is -0.142. The molecule has 0 atom stereocenters. The molecule has 8 heteroatoms. The van der Waals surface area contributed by atoms with Gasteiger partial charge >= 0.3 is 12.0 Å². The first-order chi connectivity index (χ1) is 11.6. The Balaban J connectivity index is 1.49. The van der Waals surface area contributed by atoms with Gasteiger partial charge in [0.15, 0.2) is 0 Å². The van der Waals surface area contributed by atoms with E-state index in [0.717, 1.165) is 5.56 Å². The zero-order valence-corrected chi connectivity index (χ0v) is 12.9. The Morgan fingerprint density at radius 1 is 1.12 bits per heavy atom. The molecular formula is C16H18N4O4. The third kappa shape index (κ3) is 3.89. The van der Waals surface area contributed by atoms with Crippen LogP contribution in [0.25, 0.3) is 11.4 Å². The van der Waals surface area contributed by atoms with Crippen LogP contribution in [0.5, 0.6) is 0 Å². The summed E-state index contributed by atoms with van der Waals surface area (Å²) < 4.78 is 4.69. The van der Waals surface area contributed by atoms with Crippen LogP contribution >= 0.6 is 0 Å². The van der Waals surface area contributed by atoms with Gasteiger partial charge in [0.05, 0.1) is 5.92 Å². The number of anilines is 1. The highest BCUT2D eigenvalue weighted by molar-refractivity contribution is 5.89. The minimum Gasteiger partial charge on any atom is -0.481 e. The quantitative estimate of drug-likeness (QED) is 0.793. The second-order valence-corrected chi connectivity index (χ2v) is 5.82. The lowest BCUT2D eigenvalue weighted by Gasteiger charge is -2.26. The van der Waals surface area contributed by atoms with E-state index < -0.39 is 5.97 Å². The highest BCUT2D eigenvalue weighted by atomic mass is 16.5. The Morgan fingerprint density at radius 2 is 1.83 bits per heavy atom. The second kappa shape index (κ2) is 7.12. The van der Waals surface area contributed by atoms with Crippen LogP contribution < -0.4 is 10.6 Å². The zero-order valence-electron chi connectivity index (χ0n) is 12.9. The number of urea groups is 1. The number of benzene rings is 1. The van der Waals surface area contributed by atoms with Gasteiger partial charge in [0.25, 0.3) is 0 Å². The summed E-state index contributed by atoms with van der Waals surface area (Å²) in [7, 11) is 0. The molecule has 1 aliphatic carbocycles. The summed E-state index contributed by atoms with van der Waals surface area (Å²) >= 11 is 0. The summed E-state index contributed by atoms with van der Waals surface area (Å²) in [6.07, 6.45) is 3.82. The van der Waals surface area contributed by atoms with Crippen molar-refractivity contribution in [1.82, 2.24) is 15.5 Å². The molecule has 1 aromatic carbocycles. The van der Waals surface area contributed by atoms with Crippen LogP contribution in [0, 0.1) is 5.92 Å². The van der Waals surface area contributed by atoms with Crippen LogP contribution in [0.1, 0.15) is 25.7 Å². The second-order valence-electron chi connectivity index (χ2n) is 5.82. The summed E-state index contributed by atoms with van der Waals surface area (Å²) in [6.45, 7) is 0. The standard InChI is InChI=1S/C16H18N4O4/c21-15(22)11-3-7-13(8-4-11)19-16(23)18-12-5-1-10(2-6-12)14-17-9-24-20-14/h1-2,5-6,9,11,13H,3-4,7-8H2,(H,21,22)(H2,18,19,23). The monoisotopic (exact) mass is 330 g/mol. The van der Waals surface area contributed by atoms with Crippen LogP contribution in [-0.4, -0.2) is 33.3 Å². The number of carbonyl (C=O) groups excluding carboxylic acids is 1. The highest BCUT2D eigenvalue weighted by Gasteiger charge is 2.26. The van der Waals surface area contributed by atoms with E-state index >= 15 is 0 Å². The van der Waals surface area contributed by atoms with E-state index in [-0.39, 0.29) is 18.0 Å². The molecule has 0 spiro atoms. The van der Waals surface area contributed by atoms with Crippen LogP contribution in [0.15, 0.2) is 35.2 Å². The van der Waals surface area contributed by atoms with Crippen molar-refractivity contribution in [1.29, 1.82) is 0 Å². The maximum Gasteiger partial charge on any atom is 0.319 e. The normalized spacial score (nSPS) is 20.3. The van der Waals surface area contributed by atoms with Crippen molar-refractivity contribution in [3.8, 4) is 11.4 Å². The van der Waals surface area contributed by atoms with Gasteiger partial charge in [-0.05, 0) is 49.9 Å². The number of carboxylic acid groups (broad SMARTS) is 1. The van der Waals surface area contributed by atoms with Gasteiger partial charge in [-0.3, -0.25) is 4.79 Å². The number of hydrogen-bond donors (Lipinski definition) is 3. The van der Waals surface area contributed by atoms with Gasteiger partial charge in [-0.2, -0.15) is 4.98 Å². The molecule has 2 aromatic rings. The van der Waals surface area contributed by atoms with E-state index in [2.05, 4.69) is 20.8 Å². The van der Waals surface area contributed by atoms with Gasteiger partial charge in [0.2, 0.25) is 12.2 Å². The molecule has 1 saturated carbocycles. The summed E-state index contributed by atoms with van der Waals surface area (Å²) in [6, 6.07) is 6.82. The number of aromatic nitrogens is 2. The lowest BCUT2D eigenvalue weighted by atomic mass is 9.86. The van der Waals surface area contributed by atoms with E-state index in [1.54, 1.807) is 24.3 Å². The molecule has 24 heavy (non-hydrogen) atoms. The van der Waals surface area contributed by atoms with Gasteiger partial charge in [-0.15, -0.1) is 0 Å². The number of carboxylic acids is 1. The minimum atomic E-state index is -0.750. The van der Waals surface area contributed by atoms with Crippen molar-refractivity contribution in [3.63, 3.8) is 0 Å². The summed E-state index contributed by atoms with van der Waals surface area (Å²) in [5.41, 5.74) is 1.45. The predicted octanol–water partition coefficient (Wildman–Crippen LogP) is 2.50. The van der Waals surface area contributed by atoms with E-state index in [1.807, 2.05) is 0 Å². The maximum absolute atomic E-state index is 12.0. The van der Waals surface area contributed by atoms with Gasteiger partial charge < -0.3 is 20.3 Å². The molecule has 2 amide bonds. The summed E-state index contributed by atoms with van der Waals surface area (Å²) in [5, 5.41) is 18.4. The number of aliphatic carboxylic acids is 1. The fraction of sp³-hybridized carbons (Fsp3) is 0.375. The average Bonchev–Trinajstić information content (AvgIpc) is 3.10. The van der Waals surface area contributed by atoms with Gasteiger partial charge in [0, 0.05) is 17.3 Å². The first kappa shape index (κ1) is 16.0. The number of amides is 2. The van der Waals surface area contributed by atoms with E-state index in [9.17, 15) is 9.59 Å². The third-order valence-electron chi connectivity index (χ3n) is 4.17. The zero-order chi connectivity index (χ0) is 16.9. The first-order valence-corrected chi connectivity index (χ1v) is 7.79. The topological polar surface area (TPSA) is 117 Å². The van der Waals surface area contributed by atoms with E-state index in [0.29, 0.717) is 37.2 Å². The Bertz CT molecular complexity index is 691. The maximum atomic E-state index is 12.0. The van der Waals surface area contributed by atoms with Crippen molar-refractivity contribution in [3.05, 3.63) is 30.7 Å². The van der Waals surface area contributed by atoms with Crippen molar-refractivity contribution in [2.45, 2.75) is 31.7 Å². The number of carbonyl (C=O) groups is 2. The SMILES string of the molecule is O=C(Nc1ccc(-c2ncon2)cc1)NC1CCC(C(=O)O)CC1.